The highest BCUT2D eigenvalue weighted by Crippen LogP contribution is 2.28. The van der Waals surface area contributed by atoms with Crippen LogP contribution in [0.2, 0.25) is 0 Å². The number of hydrogen-bond acceptors (Lipinski definition) is 1. The van der Waals surface area contributed by atoms with Crippen molar-refractivity contribution >= 4 is 5.69 Å². The third-order valence-electron chi connectivity index (χ3n) is 3.60. The Labute approximate surface area is 105 Å². The minimum atomic E-state index is 0.529. The first kappa shape index (κ1) is 12.2. The molecule has 1 aliphatic rings. The van der Waals surface area contributed by atoms with Crippen LogP contribution in [0.1, 0.15) is 43.7 Å². The Balaban J connectivity index is 2.07. The van der Waals surface area contributed by atoms with Gasteiger partial charge in [-0.3, -0.25) is 0 Å². The maximum absolute atomic E-state index is 3.78. The van der Waals surface area contributed by atoms with Crippen LogP contribution in [-0.4, -0.2) is 6.04 Å². The molecule has 0 aliphatic heterocycles. The van der Waals surface area contributed by atoms with Crippen molar-refractivity contribution in [3.05, 3.63) is 42.0 Å². The molecule has 0 radical (unpaired) electrons. The smallest absolute Gasteiger partial charge is 0.0377 e. The molecule has 0 aromatic heterocycles. The van der Waals surface area contributed by atoms with E-state index in [1.807, 2.05) is 6.08 Å². The first-order chi connectivity index (χ1) is 8.31. The van der Waals surface area contributed by atoms with E-state index in [1.54, 1.807) is 11.1 Å². The number of fused-ring (bicyclic) bond motifs is 1. The first-order valence-corrected chi connectivity index (χ1v) is 6.79. The van der Waals surface area contributed by atoms with Crippen LogP contribution in [0.4, 0.5) is 5.69 Å². The van der Waals surface area contributed by atoms with Crippen LogP contribution in [-0.2, 0) is 12.8 Å². The quantitative estimate of drug-likeness (QED) is 0.741. The SMILES string of the molecule is C=CCCC(C)Nc1cccc2c1CCCC2. The van der Waals surface area contributed by atoms with E-state index in [9.17, 15) is 0 Å². The number of hydrogen-bond donors (Lipinski definition) is 1. The lowest BCUT2D eigenvalue weighted by atomic mass is 9.90. The highest BCUT2D eigenvalue weighted by Gasteiger charge is 2.13. The molecule has 0 saturated heterocycles. The second-order valence-corrected chi connectivity index (χ2v) is 5.06. The van der Waals surface area contributed by atoms with Gasteiger partial charge in [-0.15, -0.1) is 6.58 Å². The molecule has 2 rings (SSSR count). The van der Waals surface area contributed by atoms with Crippen molar-refractivity contribution in [2.75, 3.05) is 5.32 Å². The van der Waals surface area contributed by atoms with Crippen LogP contribution in [0.25, 0.3) is 0 Å². The molecule has 1 nitrogen and oxygen atoms in total. The fourth-order valence-corrected chi connectivity index (χ4v) is 2.62. The summed E-state index contributed by atoms with van der Waals surface area (Å²) in [6, 6.07) is 7.23. The molecule has 1 heteroatoms. The lowest BCUT2D eigenvalue weighted by molar-refractivity contribution is 0.678. The van der Waals surface area contributed by atoms with Crippen molar-refractivity contribution in [3.8, 4) is 0 Å². The highest BCUT2D eigenvalue weighted by molar-refractivity contribution is 5.56. The van der Waals surface area contributed by atoms with Gasteiger partial charge in [-0.25, -0.2) is 0 Å². The van der Waals surface area contributed by atoms with Crippen molar-refractivity contribution in [2.24, 2.45) is 0 Å². The zero-order valence-electron chi connectivity index (χ0n) is 10.8. The topological polar surface area (TPSA) is 12.0 Å². The molecule has 0 heterocycles. The zero-order valence-corrected chi connectivity index (χ0v) is 10.8. The summed E-state index contributed by atoms with van der Waals surface area (Å²) in [4.78, 5) is 0. The third-order valence-corrected chi connectivity index (χ3v) is 3.60. The van der Waals surface area contributed by atoms with Gasteiger partial charge in [0.2, 0.25) is 0 Å². The minimum Gasteiger partial charge on any atom is -0.382 e. The van der Waals surface area contributed by atoms with E-state index in [1.165, 1.54) is 31.4 Å². The van der Waals surface area contributed by atoms with Crippen molar-refractivity contribution < 1.29 is 0 Å². The van der Waals surface area contributed by atoms with Crippen molar-refractivity contribution in [3.63, 3.8) is 0 Å². The Morgan fingerprint density at radius 1 is 1.35 bits per heavy atom. The normalized spacial score (nSPS) is 16.1. The van der Waals surface area contributed by atoms with Crippen molar-refractivity contribution in [2.45, 2.75) is 51.5 Å². The van der Waals surface area contributed by atoms with Gasteiger partial charge in [0.05, 0.1) is 0 Å². The van der Waals surface area contributed by atoms with Crippen LogP contribution in [0.5, 0.6) is 0 Å². The standard InChI is InChI=1S/C16H23N/c1-3-4-8-13(2)17-16-12-7-10-14-9-5-6-11-15(14)16/h3,7,10,12-13,17H,1,4-6,8-9,11H2,2H3. The number of anilines is 1. The summed E-state index contributed by atoms with van der Waals surface area (Å²) in [5, 5.41) is 3.66. The van der Waals surface area contributed by atoms with E-state index >= 15 is 0 Å². The molecule has 1 aromatic rings. The average Bonchev–Trinajstić information content (AvgIpc) is 2.37. The fraction of sp³-hybridized carbons (Fsp3) is 0.500. The number of allylic oxidation sites excluding steroid dienone is 1. The van der Waals surface area contributed by atoms with E-state index in [0.717, 1.165) is 12.8 Å². The Hall–Kier alpha value is -1.24. The second-order valence-electron chi connectivity index (χ2n) is 5.06. The summed E-state index contributed by atoms with van der Waals surface area (Å²) in [5.74, 6) is 0. The van der Waals surface area contributed by atoms with Crippen LogP contribution < -0.4 is 5.32 Å². The van der Waals surface area contributed by atoms with Crippen LogP contribution in [0, 0.1) is 0 Å². The van der Waals surface area contributed by atoms with Crippen LogP contribution in [0.15, 0.2) is 30.9 Å². The summed E-state index contributed by atoms with van der Waals surface area (Å²) in [7, 11) is 0. The van der Waals surface area contributed by atoms with Gasteiger partial charge in [0.25, 0.3) is 0 Å². The highest BCUT2D eigenvalue weighted by atomic mass is 14.9. The Bertz CT molecular complexity index is 381. The lowest BCUT2D eigenvalue weighted by Gasteiger charge is -2.22. The van der Waals surface area contributed by atoms with E-state index < -0.39 is 0 Å². The molecule has 17 heavy (non-hydrogen) atoms. The molecule has 0 saturated carbocycles. The van der Waals surface area contributed by atoms with Gasteiger partial charge >= 0.3 is 0 Å². The largest absolute Gasteiger partial charge is 0.382 e. The van der Waals surface area contributed by atoms with Gasteiger partial charge in [0, 0.05) is 11.7 Å². The summed E-state index contributed by atoms with van der Waals surface area (Å²) < 4.78 is 0. The number of nitrogens with one attached hydrogen (secondary N) is 1. The van der Waals surface area contributed by atoms with Gasteiger partial charge in [-0.1, -0.05) is 18.2 Å². The van der Waals surface area contributed by atoms with E-state index in [2.05, 4.69) is 37.0 Å². The molecule has 0 spiro atoms. The van der Waals surface area contributed by atoms with E-state index in [-0.39, 0.29) is 0 Å². The van der Waals surface area contributed by atoms with Gasteiger partial charge in [-0.05, 0) is 62.6 Å². The first-order valence-electron chi connectivity index (χ1n) is 6.79. The van der Waals surface area contributed by atoms with E-state index in [4.69, 9.17) is 0 Å². The molecule has 92 valence electrons. The monoisotopic (exact) mass is 229 g/mol. The third kappa shape index (κ3) is 3.12. The van der Waals surface area contributed by atoms with Crippen LogP contribution in [0.3, 0.4) is 0 Å². The van der Waals surface area contributed by atoms with Gasteiger partial charge in [-0.2, -0.15) is 0 Å². The Kier molecular flexibility index (Phi) is 4.24. The molecule has 0 amide bonds. The zero-order chi connectivity index (χ0) is 12.1. The van der Waals surface area contributed by atoms with Gasteiger partial charge in [0.1, 0.15) is 0 Å². The summed E-state index contributed by atoms with van der Waals surface area (Å²) >= 11 is 0. The van der Waals surface area contributed by atoms with Crippen LogP contribution >= 0.6 is 0 Å². The average molecular weight is 229 g/mol. The summed E-state index contributed by atoms with van der Waals surface area (Å²) in [6.45, 7) is 6.04. The predicted octanol–water partition coefficient (Wildman–Crippen LogP) is 4.33. The maximum Gasteiger partial charge on any atom is 0.0377 e. The fourth-order valence-electron chi connectivity index (χ4n) is 2.62. The molecule has 1 unspecified atom stereocenters. The molecule has 1 N–H and O–H groups in total. The molecule has 1 aliphatic carbocycles. The molecule has 1 atom stereocenters. The Morgan fingerprint density at radius 3 is 3.00 bits per heavy atom. The molecule has 0 bridgehead atoms. The Morgan fingerprint density at radius 2 is 2.18 bits per heavy atom. The number of aryl methyl sites for hydroxylation is 1. The van der Waals surface area contributed by atoms with Gasteiger partial charge in [0.15, 0.2) is 0 Å². The molecular formula is C16H23N. The van der Waals surface area contributed by atoms with E-state index in [0.29, 0.717) is 6.04 Å². The second kappa shape index (κ2) is 5.90. The van der Waals surface area contributed by atoms with Gasteiger partial charge < -0.3 is 5.32 Å². The lowest BCUT2D eigenvalue weighted by Crippen LogP contribution is -2.17. The summed E-state index contributed by atoms with van der Waals surface area (Å²) in [6.07, 6.45) is 9.43. The molecular weight excluding hydrogens is 206 g/mol. The molecule has 1 aromatic carbocycles. The number of benzene rings is 1. The molecule has 0 fully saturated rings. The van der Waals surface area contributed by atoms with Crippen molar-refractivity contribution in [1.82, 2.24) is 0 Å². The summed E-state index contributed by atoms with van der Waals surface area (Å²) in [5.41, 5.74) is 4.47. The predicted molar refractivity (Wildman–Crippen MR) is 75.6 cm³/mol. The minimum absolute atomic E-state index is 0.529. The maximum atomic E-state index is 3.78. The number of rotatable bonds is 5. The van der Waals surface area contributed by atoms with Crippen molar-refractivity contribution in [1.29, 1.82) is 0 Å².